The molecule has 5 amide bonds. The molecule has 2 bridgehead atoms. The highest BCUT2D eigenvalue weighted by Crippen LogP contribution is 2.22. The first kappa shape index (κ1) is 38.4. The lowest BCUT2D eigenvalue weighted by Crippen LogP contribution is -2.55. The predicted octanol–water partition coefficient (Wildman–Crippen LogP) is 3.51. The van der Waals surface area contributed by atoms with Crippen LogP contribution in [0.4, 0.5) is 0 Å². The van der Waals surface area contributed by atoms with Gasteiger partial charge >= 0.3 is 0 Å². The van der Waals surface area contributed by atoms with Gasteiger partial charge < -0.3 is 35.2 Å². The van der Waals surface area contributed by atoms with Crippen LogP contribution in [0.5, 0.6) is 0 Å². The van der Waals surface area contributed by atoms with Crippen molar-refractivity contribution in [3.8, 4) is 11.3 Å². The summed E-state index contributed by atoms with van der Waals surface area (Å²) in [5.41, 5.74) is 3.79. The summed E-state index contributed by atoms with van der Waals surface area (Å²) in [6.07, 6.45) is 4.34. The largest absolute Gasteiger partial charge is 0.444 e. The molecule has 0 fully saturated rings. The number of fused-ring (bicyclic) bond motifs is 1. The third kappa shape index (κ3) is 9.82. The minimum Gasteiger partial charge on any atom is -0.444 e. The van der Waals surface area contributed by atoms with Gasteiger partial charge in [0.25, 0.3) is 11.8 Å². The van der Waals surface area contributed by atoms with E-state index in [2.05, 4.69) is 44.7 Å². The van der Waals surface area contributed by atoms with Crippen molar-refractivity contribution in [3.05, 3.63) is 108 Å². The van der Waals surface area contributed by atoms with Crippen LogP contribution in [-0.2, 0) is 33.8 Å². The second-order valence-electron chi connectivity index (χ2n) is 14.1. The number of amides is 5. The van der Waals surface area contributed by atoms with Gasteiger partial charge in [-0.05, 0) is 55.2 Å². The van der Waals surface area contributed by atoms with Gasteiger partial charge in [-0.3, -0.25) is 24.0 Å². The average Bonchev–Trinajstić information content (AvgIpc) is 3.83. The Labute approximate surface area is 319 Å². The number of carbonyl (C=O) groups is 5. The van der Waals surface area contributed by atoms with E-state index in [-0.39, 0.29) is 31.3 Å². The van der Waals surface area contributed by atoms with Crippen molar-refractivity contribution in [1.29, 1.82) is 0 Å². The molecule has 2 atom stereocenters. The van der Waals surface area contributed by atoms with E-state index in [4.69, 9.17) is 9.40 Å². The zero-order valence-electron chi connectivity index (χ0n) is 31.2. The highest BCUT2D eigenvalue weighted by Gasteiger charge is 2.27. The lowest BCUT2D eigenvalue weighted by molar-refractivity contribution is -0.132. The molecule has 0 radical (unpaired) electrons. The highest BCUT2D eigenvalue weighted by molar-refractivity contribution is 5.99. The van der Waals surface area contributed by atoms with E-state index in [0.717, 1.165) is 28.8 Å². The van der Waals surface area contributed by atoms with Crippen molar-refractivity contribution in [2.45, 2.75) is 58.7 Å². The maximum atomic E-state index is 14.0. The fourth-order valence-electron chi connectivity index (χ4n) is 6.51. The third-order valence-electron chi connectivity index (χ3n) is 9.36. The topological polar surface area (TPSA) is 181 Å². The molecule has 0 spiro atoms. The van der Waals surface area contributed by atoms with Crippen LogP contribution in [-0.4, -0.2) is 87.2 Å². The Hall–Kier alpha value is -6.31. The molecular weight excluding hydrogens is 701 g/mol. The number of aromatic nitrogens is 3. The van der Waals surface area contributed by atoms with E-state index < -0.39 is 36.3 Å². The molecule has 14 heteroatoms. The van der Waals surface area contributed by atoms with Crippen LogP contribution in [0.1, 0.15) is 59.3 Å². The Morgan fingerprint density at radius 2 is 1.65 bits per heavy atom. The third-order valence-corrected chi connectivity index (χ3v) is 9.36. The summed E-state index contributed by atoms with van der Waals surface area (Å²) in [7, 11) is 0. The Morgan fingerprint density at radius 3 is 2.38 bits per heavy atom. The highest BCUT2D eigenvalue weighted by atomic mass is 16.3. The second-order valence-corrected chi connectivity index (χ2v) is 14.1. The Morgan fingerprint density at radius 1 is 0.891 bits per heavy atom. The average molecular weight is 747 g/mol. The number of nitrogens with zero attached hydrogens (tertiary/aromatic N) is 4. The van der Waals surface area contributed by atoms with Crippen molar-refractivity contribution >= 4 is 40.6 Å². The molecule has 4 N–H and O–H groups in total. The number of oxazole rings is 1. The predicted molar refractivity (Wildman–Crippen MR) is 206 cm³/mol. The summed E-state index contributed by atoms with van der Waals surface area (Å²) in [4.78, 5) is 78.1. The molecule has 3 aromatic carbocycles. The molecule has 0 saturated carbocycles. The summed E-state index contributed by atoms with van der Waals surface area (Å²) in [5.74, 6) is -0.542. The molecule has 5 aromatic rings. The minimum atomic E-state index is -1.05. The van der Waals surface area contributed by atoms with Crippen molar-refractivity contribution in [2.24, 2.45) is 5.92 Å². The minimum absolute atomic E-state index is 0.00663. The van der Waals surface area contributed by atoms with Crippen molar-refractivity contribution in [3.63, 3.8) is 0 Å². The molecule has 1 aliphatic heterocycles. The maximum absolute atomic E-state index is 14.0. The first-order valence-corrected chi connectivity index (χ1v) is 18.5. The first-order valence-electron chi connectivity index (χ1n) is 18.5. The number of hydrogen-bond acceptors (Lipinski definition) is 8. The maximum Gasteiger partial charge on any atom is 0.254 e. The summed E-state index contributed by atoms with van der Waals surface area (Å²) >= 11 is 0. The molecule has 0 unspecified atom stereocenters. The monoisotopic (exact) mass is 746 g/mol. The standard InChI is InChI=1S/C41H46N8O6/c1-26(2)20-36-46-32-15-14-31-22-34(32)49(36)18-7-16-43-38(51)27(3)45-40(53)33(21-28-8-5-4-6-9-28)47-37(50)24-48(19-17-44-39(31)52)41(54)30-12-10-29(11-13-30)35-23-42-25-55-35/h4-6,8-15,22-23,25-27,33H,7,16-21,24H2,1-3H3,(H,43,51)(H,44,52)(H,45,53)(H,47,50)/t27-,33+/m1/s1. The fourth-order valence-corrected chi connectivity index (χ4v) is 6.51. The van der Waals surface area contributed by atoms with E-state index in [0.29, 0.717) is 47.9 Å². The van der Waals surface area contributed by atoms with E-state index >= 15 is 0 Å². The zero-order valence-corrected chi connectivity index (χ0v) is 31.2. The van der Waals surface area contributed by atoms with Gasteiger partial charge in [-0.25, -0.2) is 9.97 Å². The van der Waals surface area contributed by atoms with Gasteiger partial charge in [0.1, 0.15) is 17.9 Å². The van der Waals surface area contributed by atoms with Crippen molar-refractivity contribution in [2.75, 3.05) is 26.2 Å². The van der Waals surface area contributed by atoms with E-state index in [9.17, 15) is 24.0 Å². The summed E-state index contributed by atoms with van der Waals surface area (Å²) in [5, 5.41) is 11.4. The molecule has 1 aliphatic rings. The molecule has 0 aliphatic carbocycles. The number of carbonyl (C=O) groups excluding carboxylic acids is 5. The van der Waals surface area contributed by atoms with Crippen LogP contribution in [0.3, 0.4) is 0 Å². The van der Waals surface area contributed by atoms with Crippen LogP contribution in [0.25, 0.3) is 22.4 Å². The van der Waals surface area contributed by atoms with Crippen molar-refractivity contribution in [1.82, 2.24) is 40.7 Å². The lowest BCUT2D eigenvalue weighted by Gasteiger charge is -2.25. The van der Waals surface area contributed by atoms with E-state index in [1.807, 2.05) is 36.4 Å². The van der Waals surface area contributed by atoms with Crippen molar-refractivity contribution < 1.29 is 28.4 Å². The number of nitrogens with one attached hydrogen (secondary N) is 4. The SMILES string of the molecule is CC(C)Cc1nc2ccc3cc2n1CCCNC(=O)[C@@H](C)NC(=O)[C@H](Cc1ccccc1)NC(=O)CN(C(=O)c1ccc(-c2cnco2)cc1)CCNC3=O. The van der Waals surface area contributed by atoms with Gasteiger partial charge in [-0.1, -0.05) is 56.3 Å². The van der Waals surface area contributed by atoms with Crippen LogP contribution in [0, 0.1) is 5.92 Å². The molecule has 3 heterocycles. The molecular formula is C41H46N8O6. The van der Waals surface area contributed by atoms with Gasteiger partial charge in [0.05, 0.1) is 23.8 Å². The molecule has 14 nitrogen and oxygen atoms in total. The summed E-state index contributed by atoms with van der Waals surface area (Å²) in [6, 6.07) is 19.3. The molecule has 6 rings (SSSR count). The number of imidazole rings is 1. The number of rotatable bonds is 6. The van der Waals surface area contributed by atoms with E-state index in [1.54, 1.807) is 49.5 Å². The second kappa shape index (κ2) is 17.7. The molecule has 2 aromatic heterocycles. The lowest BCUT2D eigenvalue weighted by atomic mass is 10.0. The molecule has 55 heavy (non-hydrogen) atoms. The number of aryl methyl sites for hydroxylation is 1. The van der Waals surface area contributed by atoms with Crippen LogP contribution in [0.2, 0.25) is 0 Å². The van der Waals surface area contributed by atoms with Gasteiger partial charge in [-0.15, -0.1) is 0 Å². The first-order chi connectivity index (χ1) is 26.5. The molecule has 0 saturated heterocycles. The van der Waals surface area contributed by atoms with E-state index in [1.165, 1.54) is 11.3 Å². The summed E-state index contributed by atoms with van der Waals surface area (Å²) in [6.45, 7) is 6.35. The number of benzene rings is 3. The summed E-state index contributed by atoms with van der Waals surface area (Å²) < 4.78 is 7.46. The van der Waals surface area contributed by atoms with Gasteiger partial charge in [0.2, 0.25) is 17.7 Å². The Kier molecular flexibility index (Phi) is 12.3. The molecule has 286 valence electrons. The van der Waals surface area contributed by atoms with Gasteiger partial charge in [-0.2, -0.15) is 0 Å². The Bertz CT molecular complexity index is 2130. The van der Waals surface area contributed by atoms with Crippen LogP contribution in [0.15, 0.2) is 89.8 Å². The van der Waals surface area contributed by atoms with Gasteiger partial charge in [0.15, 0.2) is 12.2 Å². The normalized spacial score (nSPS) is 18.0. The Balaban J connectivity index is 1.29. The number of hydrogen-bond donors (Lipinski definition) is 4. The fraction of sp³-hybridized carbons (Fsp3) is 0.341. The van der Waals surface area contributed by atoms with Crippen LogP contribution < -0.4 is 21.3 Å². The smallest absolute Gasteiger partial charge is 0.254 e. The van der Waals surface area contributed by atoms with Crippen LogP contribution >= 0.6 is 0 Å². The quantitative estimate of drug-likeness (QED) is 0.204. The zero-order chi connectivity index (χ0) is 38.9. The van der Waals surface area contributed by atoms with Gasteiger partial charge in [0, 0.05) is 55.7 Å².